The smallest absolute Gasteiger partial charge is 0.160 e. The van der Waals surface area contributed by atoms with Crippen LogP contribution in [0.3, 0.4) is 0 Å². The summed E-state index contributed by atoms with van der Waals surface area (Å²) in [5.74, 6) is 0.680. The third kappa shape index (κ3) is 3.85. The van der Waals surface area contributed by atoms with Gasteiger partial charge in [-0.15, -0.1) is 0 Å². The molecule has 5 heteroatoms. The van der Waals surface area contributed by atoms with E-state index in [1.807, 2.05) is 6.07 Å². The number of rotatable bonds is 6. The number of ether oxygens (including phenoxy) is 1. The first-order chi connectivity index (χ1) is 11.6. The van der Waals surface area contributed by atoms with Gasteiger partial charge in [0.25, 0.3) is 0 Å². The number of nitrogens with zero attached hydrogens (tertiary/aromatic N) is 1. The van der Waals surface area contributed by atoms with Gasteiger partial charge < -0.3 is 20.3 Å². The molecule has 134 valence electrons. The van der Waals surface area contributed by atoms with Crippen molar-refractivity contribution in [3.8, 4) is 11.5 Å². The van der Waals surface area contributed by atoms with Crippen LogP contribution in [-0.4, -0.2) is 60.0 Å². The van der Waals surface area contributed by atoms with Crippen molar-refractivity contribution >= 4 is 0 Å². The third-order valence-electron chi connectivity index (χ3n) is 5.55. The van der Waals surface area contributed by atoms with Crippen LogP contribution in [0.4, 0.5) is 0 Å². The molecule has 1 aromatic carbocycles. The predicted molar refractivity (Wildman–Crippen MR) is 94.6 cm³/mol. The molecule has 2 heterocycles. The van der Waals surface area contributed by atoms with E-state index in [1.165, 1.54) is 12.8 Å². The molecule has 24 heavy (non-hydrogen) atoms. The Morgan fingerprint density at radius 2 is 2.12 bits per heavy atom. The molecule has 0 radical (unpaired) electrons. The summed E-state index contributed by atoms with van der Waals surface area (Å²) in [6, 6.07) is 5.83. The lowest BCUT2D eigenvalue weighted by atomic mass is 9.79. The summed E-state index contributed by atoms with van der Waals surface area (Å²) in [5.41, 5.74) is 0.469. The molecule has 2 aliphatic heterocycles. The van der Waals surface area contributed by atoms with Crippen molar-refractivity contribution < 1.29 is 14.9 Å². The molecule has 5 nitrogen and oxygen atoms in total. The summed E-state index contributed by atoms with van der Waals surface area (Å²) in [6.07, 6.45) is 6.41. The van der Waals surface area contributed by atoms with Gasteiger partial charge in [-0.25, -0.2) is 0 Å². The first-order valence-corrected chi connectivity index (χ1v) is 9.15. The van der Waals surface area contributed by atoms with Crippen LogP contribution in [0.25, 0.3) is 0 Å². The first-order valence-electron chi connectivity index (χ1n) is 9.15. The molecule has 2 saturated heterocycles. The molecule has 2 aliphatic rings. The van der Waals surface area contributed by atoms with E-state index in [0.717, 1.165) is 50.9 Å². The summed E-state index contributed by atoms with van der Waals surface area (Å²) >= 11 is 0. The summed E-state index contributed by atoms with van der Waals surface area (Å²) in [6.45, 7) is 3.72. The number of aliphatic hydroxyl groups is 1. The summed E-state index contributed by atoms with van der Waals surface area (Å²) < 4.78 is 5.07. The molecule has 0 spiro atoms. The standard InChI is InChI=1S/C19H30N2O3/c1-24-17-7-6-15(13-16(17)22)8-10-20-14-19(23)9-4-12-21-11-3-2-5-18(19)21/h6-7,13,18,20,22-23H,2-5,8-12,14H2,1H3/t18-,19-/m1/s1. The molecular weight excluding hydrogens is 304 g/mol. The number of piperidine rings is 2. The molecule has 2 atom stereocenters. The Kier molecular flexibility index (Phi) is 5.64. The van der Waals surface area contributed by atoms with Crippen LogP contribution in [0.5, 0.6) is 11.5 Å². The normalized spacial score (nSPS) is 27.7. The fraction of sp³-hybridized carbons (Fsp3) is 0.684. The molecule has 0 aromatic heterocycles. The monoisotopic (exact) mass is 334 g/mol. The van der Waals surface area contributed by atoms with Crippen LogP contribution >= 0.6 is 0 Å². The van der Waals surface area contributed by atoms with Gasteiger partial charge in [-0.3, -0.25) is 4.90 Å². The van der Waals surface area contributed by atoms with Crippen LogP contribution in [0, 0.1) is 0 Å². The molecule has 0 bridgehead atoms. The first kappa shape index (κ1) is 17.5. The van der Waals surface area contributed by atoms with Gasteiger partial charge >= 0.3 is 0 Å². The van der Waals surface area contributed by atoms with Gasteiger partial charge in [0.1, 0.15) is 0 Å². The topological polar surface area (TPSA) is 65.0 Å². The quantitative estimate of drug-likeness (QED) is 0.694. The number of hydrogen-bond acceptors (Lipinski definition) is 5. The Labute approximate surface area is 144 Å². The van der Waals surface area contributed by atoms with Crippen molar-refractivity contribution in [3.63, 3.8) is 0 Å². The van der Waals surface area contributed by atoms with E-state index in [2.05, 4.69) is 10.2 Å². The number of aromatic hydroxyl groups is 1. The second-order valence-electron chi connectivity index (χ2n) is 7.19. The van der Waals surface area contributed by atoms with Crippen molar-refractivity contribution in [2.45, 2.75) is 50.2 Å². The zero-order valence-electron chi connectivity index (χ0n) is 14.6. The summed E-state index contributed by atoms with van der Waals surface area (Å²) in [4.78, 5) is 2.48. The van der Waals surface area contributed by atoms with Gasteiger partial charge in [0.15, 0.2) is 11.5 Å². The number of fused-ring (bicyclic) bond motifs is 1. The Bertz CT molecular complexity index is 549. The third-order valence-corrected chi connectivity index (χ3v) is 5.55. The second kappa shape index (κ2) is 7.72. The molecule has 1 aromatic rings. The molecule has 2 fully saturated rings. The predicted octanol–water partition coefficient (Wildman–Crippen LogP) is 1.91. The van der Waals surface area contributed by atoms with E-state index >= 15 is 0 Å². The van der Waals surface area contributed by atoms with E-state index in [-0.39, 0.29) is 5.75 Å². The molecule has 0 saturated carbocycles. The van der Waals surface area contributed by atoms with E-state index in [0.29, 0.717) is 18.3 Å². The van der Waals surface area contributed by atoms with Gasteiger partial charge in [0.2, 0.25) is 0 Å². The van der Waals surface area contributed by atoms with Crippen LogP contribution in [0.2, 0.25) is 0 Å². The fourth-order valence-electron chi connectivity index (χ4n) is 4.26. The van der Waals surface area contributed by atoms with Gasteiger partial charge in [-0.2, -0.15) is 0 Å². The molecule has 0 amide bonds. The van der Waals surface area contributed by atoms with Crippen molar-refractivity contribution in [2.24, 2.45) is 0 Å². The highest BCUT2D eigenvalue weighted by Gasteiger charge is 2.43. The Hall–Kier alpha value is -1.30. The zero-order chi connectivity index (χ0) is 17.0. The van der Waals surface area contributed by atoms with Gasteiger partial charge in [-0.05, 0) is 69.4 Å². The van der Waals surface area contributed by atoms with Crippen LogP contribution in [0.15, 0.2) is 18.2 Å². The maximum absolute atomic E-state index is 11.1. The number of methoxy groups -OCH3 is 1. The number of phenols is 1. The van der Waals surface area contributed by atoms with Crippen molar-refractivity contribution in [1.29, 1.82) is 0 Å². The van der Waals surface area contributed by atoms with Crippen LogP contribution in [-0.2, 0) is 6.42 Å². The number of phenolic OH excluding ortho intramolecular Hbond substituents is 1. The minimum absolute atomic E-state index is 0.179. The van der Waals surface area contributed by atoms with Crippen LogP contribution < -0.4 is 10.1 Å². The van der Waals surface area contributed by atoms with Crippen molar-refractivity contribution in [3.05, 3.63) is 23.8 Å². The fourth-order valence-corrected chi connectivity index (χ4v) is 4.26. The zero-order valence-corrected chi connectivity index (χ0v) is 14.6. The minimum Gasteiger partial charge on any atom is -0.504 e. The van der Waals surface area contributed by atoms with Gasteiger partial charge in [0.05, 0.1) is 12.7 Å². The number of nitrogens with one attached hydrogen (secondary N) is 1. The molecule has 3 rings (SSSR count). The van der Waals surface area contributed by atoms with E-state index in [4.69, 9.17) is 4.74 Å². The van der Waals surface area contributed by atoms with Crippen LogP contribution in [0.1, 0.15) is 37.7 Å². The molecule has 3 N–H and O–H groups in total. The highest BCUT2D eigenvalue weighted by atomic mass is 16.5. The average Bonchev–Trinajstić information content (AvgIpc) is 2.59. The maximum Gasteiger partial charge on any atom is 0.160 e. The molecule has 0 aliphatic carbocycles. The van der Waals surface area contributed by atoms with E-state index < -0.39 is 5.60 Å². The Balaban J connectivity index is 1.49. The molecule has 0 unspecified atom stereocenters. The number of benzene rings is 1. The average molecular weight is 334 g/mol. The summed E-state index contributed by atoms with van der Waals surface area (Å²) in [5, 5.41) is 24.4. The minimum atomic E-state index is -0.597. The summed E-state index contributed by atoms with van der Waals surface area (Å²) in [7, 11) is 1.55. The lowest BCUT2D eigenvalue weighted by molar-refractivity contribution is -0.0916. The Morgan fingerprint density at radius 1 is 1.29 bits per heavy atom. The maximum atomic E-state index is 11.1. The SMILES string of the molecule is COc1ccc(CCNC[C@]2(O)CCCN3CCCC[C@@H]32)cc1O. The molecular formula is C19H30N2O3. The lowest BCUT2D eigenvalue weighted by Gasteiger charge is -2.49. The van der Waals surface area contributed by atoms with E-state index in [1.54, 1.807) is 19.2 Å². The number of hydrogen-bond donors (Lipinski definition) is 3. The lowest BCUT2D eigenvalue weighted by Crippen LogP contribution is -2.62. The van der Waals surface area contributed by atoms with Crippen molar-refractivity contribution in [1.82, 2.24) is 10.2 Å². The highest BCUT2D eigenvalue weighted by molar-refractivity contribution is 5.41. The largest absolute Gasteiger partial charge is 0.504 e. The Morgan fingerprint density at radius 3 is 2.92 bits per heavy atom. The van der Waals surface area contributed by atoms with Gasteiger partial charge in [0, 0.05) is 12.6 Å². The van der Waals surface area contributed by atoms with E-state index in [9.17, 15) is 10.2 Å². The highest BCUT2D eigenvalue weighted by Crippen LogP contribution is 2.33. The van der Waals surface area contributed by atoms with Gasteiger partial charge in [-0.1, -0.05) is 12.5 Å². The van der Waals surface area contributed by atoms with Crippen molar-refractivity contribution in [2.75, 3.05) is 33.3 Å². The second-order valence-corrected chi connectivity index (χ2v) is 7.19.